The SMILES string of the molecule is O=C(OC(CO)(c1ccccc1)c1ccccc1)OC(CO)(c1ccccc1)c1ccccc1. The summed E-state index contributed by atoms with van der Waals surface area (Å²) in [4.78, 5) is 13.4. The molecule has 0 spiro atoms. The highest BCUT2D eigenvalue weighted by Crippen LogP contribution is 2.38. The van der Waals surface area contributed by atoms with E-state index in [2.05, 4.69) is 0 Å². The molecule has 0 aliphatic rings. The first kappa shape index (κ1) is 23.2. The average Bonchev–Trinajstić information content (AvgIpc) is 2.92. The maximum Gasteiger partial charge on any atom is 0.510 e. The fourth-order valence-electron chi connectivity index (χ4n) is 4.13. The standard InChI is InChI=1S/C29H26O5/c30-21-28(23-13-5-1-6-14-23,24-15-7-2-8-16-24)33-27(32)34-29(22-31,25-17-9-3-10-18-25)26-19-11-4-12-20-26/h1-20,30-31H,21-22H2. The Bertz CT molecular complexity index is 1000. The van der Waals surface area contributed by atoms with Gasteiger partial charge in [-0.05, 0) is 0 Å². The molecular formula is C29H26O5. The quantitative estimate of drug-likeness (QED) is 0.366. The number of rotatable bonds is 8. The van der Waals surface area contributed by atoms with Gasteiger partial charge in [-0.1, -0.05) is 121 Å². The van der Waals surface area contributed by atoms with E-state index in [-0.39, 0.29) is 0 Å². The second-order valence-electron chi connectivity index (χ2n) is 7.89. The number of aliphatic hydroxyl groups excluding tert-OH is 2. The molecule has 0 amide bonds. The van der Waals surface area contributed by atoms with Crippen molar-refractivity contribution >= 4 is 6.16 Å². The number of carbonyl (C=O) groups is 1. The van der Waals surface area contributed by atoms with Gasteiger partial charge in [0.15, 0.2) is 11.2 Å². The predicted molar refractivity (Wildman–Crippen MR) is 129 cm³/mol. The van der Waals surface area contributed by atoms with Crippen LogP contribution >= 0.6 is 0 Å². The summed E-state index contributed by atoms with van der Waals surface area (Å²) in [6.45, 7) is -1.00. The molecule has 4 aromatic rings. The molecule has 0 unspecified atom stereocenters. The van der Waals surface area contributed by atoms with Crippen molar-refractivity contribution in [3.8, 4) is 0 Å². The summed E-state index contributed by atoms with van der Waals surface area (Å²) < 4.78 is 11.9. The van der Waals surface area contributed by atoms with Gasteiger partial charge in [-0.25, -0.2) is 4.79 Å². The van der Waals surface area contributed by atoms with Gasteiger partial charge in [0.25, 0.3) is 0 Å². The molecule has 4 rings (SSSR count). The van der Waals surface area contributed by atoms with Crippen LogP contribution in [0.15, 0.2) is 121 Å². The fraction of sp³-hybridized carbons (Fsp3) is 0.138. The van der Waals surface area contributed by atoms with Crippen LogP contribution in [-0.2, 0) is 20.7 Å². The third-order valence-electron chi connectivity index (χ3n) is 5.92. The maximum atomic E-state index is 13.4. The van der Waals surface area contributed by atoms with E-state index in [9.17, 15) is 15.0 Å². The summed E-state index contributed by atoms with van der Waals surface area (Å²) in [5.74, 6) is 0. The number of hydrogen-bond donors (Lipinski definition) is 2. The molecule has 0 atom stereocenters. The first-order valence-electron chi connectivity index (χ1n) is 11.0. The average molecular weight is 455 g/mol. The second-order valence-corrected chi connectivity index (χ2v) is 7.89. The summed E-state index contributed by atoms with van der Waals surface area (Å²) in [7, 11) is 0. The first-order valence-corrected chi connectivity index (χ1v) is 11.0. The smallest absolute Gasteiger partial charge is 0.415 e. The highest BCUT2D eigenvalue weighted by molar-refractivity contribution is 5.64. The number of hydrogen-bond acceptors (Lipinski definition) is 5. The minimum absolute atomic E-state index is 0.501. The summed E-state index contributed by atoms with van der Waals surface area (Å²) >= 11 is 0. The van der Waals surface area contributed by atoms with Gasteiger partial charge >= 0.3 is 6.16 Å². The number of carbonyl (C=O) groups excluding carboxylic acids is 1. The molecule has 2 N–H and O–H groups in total. The van der Waals surface area contributed by atoms with Crippen LogP contribution in [0.4, 0.5) is 4.79 Å². The van der Waals surface area contributed by atoms with Crippen LogP contribution in [-0.4, -0.2) is 29.6 Å². The van der Waals surface area contributed by atoms with Crippen LogP contribution < -0.4 is 0 Å². The zero-order valence-corrected chi connectivity index (χ0v) is 18.6. The maximum absolute atomic E-state index is 13.4. The molecule has 0 saturated heterocycles. The van der Waals surface area contributed by atoms with E-state index in [0.717, 1.165) is 0 Å². The molecule has 172 valence electrons. The van der Waals surface area contributed by atoms with Crippen molar-refractivity contribution in [3.63, 3.8) is 0 Å². The van der Waals surface area contributed by atoms with Crippen LogP contribution in [0.1, 0.15) is 22.3 Å². The summed E-state index contributed by atoms with van der Waals surface area (Å²) in [6.07, 6.45) is -1.02. The fourth-order valence-corrected chi connectivity index (χ4v) is 4.13. The van der Waals surface area contributed by atoms with Crippen molar-refractivity contribution < 1.29 is 24.5 Å². The van der Waals surface area contributed by atoms with Gasteiger partial charge < -0.3 is 19.7 Å². The van der Waals surface area contributed by atoms with E-state index >= 15 is 0 Å². The van der Waals surface area contributed by atoms with Crippen molar-refractivity contribution in [2.45, 2.75) is 11.2 Å². The molecule has 5 heteroatoms. The van der Waals surface area contributed by atoms with Gasteiger partial charge in [0, 0.05) is 22.3 Å². The largest absolute Gasteiger partial charge is 0.510 e. The van der Waals surface area contributed by atoms with E-state index < -0.39 is 30.6 Å². The lowest BCUT2D eigenvalue weighted by atomic mass is 9.86. The molecule has 0 aromatic heterocycles. The molecule has 0 bridgehead atoms. The molecule has 5 nitrogen and oxygen atoms in total. The monoisotopic (exact) mass is 454 g/mol. The molecular weight excluding hydrogens is 428 g/mol. The Labute approximate surface area is 198 Å². The molecule has 0 heterocycles. The lowest BCUT2D eigenvalue weighted by molar-refractivity contribution is -0.0890. The molecule has 34 heavy (non-hydrogen) atoms. The highest BCUT2D eigenvalue weighted by Gasteiger charge is 2.43. The minimum atomic E-state index is -1.49. The Morgan fingerprint density at radius 1 is 0.500 bits per heavy atom. The Morgan fingerprint density at radius 2 is 0.735 bits per heavy atom. The van der Waals surface area contributed by atoms with Crippen LogP contribution in [0.5, 0.6) is 0 Å². The van der Waals surface area contributed by atoms with Gasteiger partial charge in [0.2, 0.25) is 0 Å². The van der Waals surface area contributed by atoms with Gasteiger partial charge in [0.05, 0.1) is 13.2 Å². The van der Waals surface area contributed by atoms with Crippen molar-refractivity contribution in [2.24, 2.45) is 0 Å². The molecule has 0 fully saturated rings. The Hall–Kier alpha value is -3.93. The summed E-state index contributed by atoms with van der Waals surface area (Å²) in [5, 5.41) is 21.1. The van der Waals surface area contributed by atoms with Gasteiger partial charge in [-0.3, -0.25) is 0 Å². The summed E-state index contributed by atoms with van der Waals surface area (Å²) in [5.41, 5.74) is -0.615. The number of benzene rings is 4. The molecule has 4 aromatic carbocycles. The lowest BCUT2D eigenvalue weighted by Crippen LogP contribution is -2.42. The van der Waals surface area contributed by atoms with E-state index in [1.807, 2.05) is 72.8 Å². The van der Waals surface area contributed by atoms with Crippen molar-refractivity contribution in [1.82, 2.24) is 0 Å². The van der Waals surface area contributed by atoms with Crippen LogP contribution in [0.25, 0.3) is 0 Å². The van der Waals surface area contributed by atoms with Crippen molar-refractivity contribution in [3.05, 3.63) is 144 Å². The molecule has 0 aliphatic heterocycles. The third-order valence-corrected chi connectivity index (χ3v) is 5.92. The molecule has 0 aliphatic carbocycles. The van der Waals surface area contributed by atoms with E-state index in [1.165, 1.54) is 0 Å². The van der Waals surface area contributed by atoms with E-state index in [4.69, 9.17) is 9.47 Å². The second kappa shape index (κ2) is 10.3. The normalized spacial score (nSPS) is 11.6. The highest BCUT2D eigenvalue weighted by atomic mass is 16.7. The number of aliphatic hydroxyl groups is 2. The van der Waals surface area contributed by atoms with Crippen molar-refractivity contribution in [1.29, 1.82) is 0 Å². The zero-order chi connectivity index (χ0) is 23.9. The first-order chi connectivity index (χ1) is 16.6. The van der Waals surface area contributed by atoms with Gasteiger partial charge in [-0.2, -0.15) is 0 Å². The lowest BCUT2D eigenvalue weighted by Gasteiger charge is -2.36. The Balaban J connectivity index is 1.77. The van der Waals surface area contributed by atoms with Crippen molar-refractivity contribution in [2.75, 3.05) is 13.2 Å². The Morgan fingerprint density at radius 3 is 0.941 bits per heavy atom. The molecule has 0 radical (unpaired) electrons. The van der Waals surface area contributed by atoms with Crippen LogP contribution in [0.2, 0.25) is 0 Å². The Kier molecular flexibility index (Phi) is 7.07. The van der Waals surface area contributed by atoms with E-state index in [0.29, 0.717) is 22.3 Å². The van der Waals surface area contributed by atoms with E-state index in [1.54, 1.807) is 48.5 Å². The topological polar surface area (TPSA) is 76.0 Å². The zero-order valence-electron chi connectivity index (χ0n) is 18.6. The van der Waals surface area contributed by atoms with Gasteiger partial charge in [-0.15, -0.1) is 0 Å². The van der Waals surface area contributed by atoms with Crippen LogP contribution in [0, 0.1) is 0 Å². The predicted octanol–water partition coefficient (Wildman–Crippen LogP) is 5.01. The van der Waals surface area contributed by atoms with Crippen LogP contribution in [0.3, 0.4) is 0 Å². The minimum Gasteiger partial charge on any atom is -0.415 e. The molecule has 0 saturated carbocycles. The third kappa shape index (κ3) is 4.44. The number of ether oxygens (including phenoxy) is 2. The van der Waals surface area contributed by atoms with Gasteiger partial charge in [0.1, 0.15) is 0 Å². The summed E-state index contributed by atoms with van der Waals surface area (Å²) in [6, 6.07) is 36.1.